The molecule has 122 valence electrons. The molecule has 1 amide bonds. The van der Waals surface area contributed by atoms with Crippen LogP contribution >= 0.6 is 22.9 Å². The van der Waals surface area contributed by atoms with Crippen molar-refractivity contribution in [3.05, 3.63) is 40.1 Å². The SMILES string of the molecule is CC1CCN(Cc2csc(NC(=O)c3ccnc(Cl)c3)n2)CC1. The minimum atomic E-state index is -0.220. The van der Waals surface area contributed by atoms with Gasteiger partial charge in [-0.1, -0.05) is 18.5 Å². The fourth-order valence-corrected chi connectivity index (χ4v) is 3.47. The number of halogens is 1. The molecule has 3 rings (SSSR count). The summed E-state index contributed by atoms with van der Waals surface area (Å²) < 4.78 is 0. The molecule has 1 saturated heterocycles. The smallest absolute Gasteiger partial charge is 0.257 e. The molecule has 7 heteroatoms. The summed E-state index contributed by atoms with van der Waals surface area (Å²) in [4.78, 5) is 23.0. The first kappa shape index (κ1) is 16.4. The highest BCUT2D eigenvalue weighted by Gasteiger charge is 2.17. The molecule has 23 heavy (non-hydrogen) atoms. The Morgan fingerprint density at radius 1 is 1.48 bits per heavy atom. The van der Waals surface area contributed by atoms with Crippen LogP contribution in [-0.2, 0) is 6.54 Å². The third-order valence-corrected chi connectivity index (χ3v) is 5.04. The van der Waals surface area contributed by atoms with Gasteiger partial charge in [0.25, 0.3) is 5.91 Å². The summed E-state index contributed by atoms with van der Waals surface area (Å²) in [5.41, 5.74) is 1.49. The lowest BCUT2D eigenvalue weighted by atomic mass is 9.99. The second-order valence-electron chi connectivity index (χ2n) is 5.92. The number of nitrogens with one attached hydrogen (secondary N) is 1. The molecule has 1 N–H and O–H groups in total. The maximum Gasteiger partial charge on any atom is 0.257 e. The molecule has 0 saturated carbocycles. The van der Waals surface area contributed by atoms with Crippen LogP contribution in [0.5, 0.6) is 0 Å². The zero-order valence-corrected chi connectivity index (χ0v) is 14.5. The number of thiazole rings is 1. The summed E-state index contributed by atoms with van der Waals surface area (Å²) in [5, 5.41) is 5.74. The normalized spacial score (nSPS) is 16.4. The van der Waals surface area contributed by atoms with E-state index < -0.39 is 0 Å². The van der Waals surface area contributed by atoms with Crippen LogP contribution in [0.2, 0.25) is 5.15 Å². The monoisotopic (exact) mass is 350 g/mol. The number of rotatable bonds is 4. The minimum absolute atomic E-state index is 0.220. The van der Waals surface area contributed by atoms with Gasteiger partial charge in [0.2, 0.25) is 0 Å². The zero-order valence-electron chi connectivity index (χ0n) is 13.0. The Bertz CT molecular complexity index is 682. The molecule has 0 spiro atoms. The van der Waals surface area contributed by atoms with E-state index in [1.165, 1.54) is 30.4 Å². The molecule has 1 aliphatic rings. The van der Waals surface area contributed by atoms with Gasteiger partial charge in [-0.2, -0.15) is 0 Å². The van der Waals surface area contributed by atoms with Crippen LogP contribution in [0.4, 0.5) is 5.13 Å². The van der Waals surface area contributed by atoms with Crippen molar-refractivity contribution in [2.24, 2.45) is 5.92 Å². The van der Waals surface area contributed by atoms with E-state index >= 15 is 0 Å². The van der Waals surface area contributed by atoms with Crippen molar-refractivity contribution in [1.29, 1.82) is 0 Å². The van der Waals surface area contributed by atoms with E-state index in [2.05, 4.69) is 27.1 Å². The second kappa shape index (κ2) is 7.38. The quantitative estimate of drug-likeness (QED) is 0.854. The van der Waals surface area contributed by atoms with Gasteiger partial charge in [-0.15, -0.1) is 11.3 Å². The Labute approximate surface area is 144 Å². The molecule has 3 heterocycles. The van der Waals surface area contributed by atoms with Crippen LogP contribution in [0.25, 0.3) is 0 Å². The van der Waals surface area contributed by atoms with Crippen LogP contribution in [0, 0.1) is 5.92 Å². The second-order valence-corrected chi connectivity index (χ2v) is 7.17. The predicted octanol–water partition coefficient (Wildman–Crippen LogP) is 3.68. The van der Waals surface area contributed by atoms with E-state index in [-0.39, 0.29) is 5.91 Å². The molecule has 1 aliphatic heterocycles. The highest BCUT2D eigenvalue weighted by molar-refractivity contribution is 7.13. The van der Waals surface area contributed by atoms with Crippen LogP contribution in [-0.4, -0.2) is 33.9 Å². The van der Waals surface area contributed by atoms with Gasteiger partial charge < -0.3 is 0 Å². The number of hydrogen-bond donors (Lipinski definition) is 1. The van der Waals surface area contributed by atoms with E-state index in [0.29, 0.717) is 15.8 Å². The molecule has 1 fully saturated rings. The van der Waals surface area contributed by atoms with E-state index in [4.69, 9.17) is 11.6 Å². The number of carbonyl (C=O) groups excluding carboxylic acids is 1. The summed E-state index contributed by atoms with van der Waals surface area (Å²) in [6, 6.07) is 3.17. The summed E-state index contributed by atoms with van der Waals surface area (Å²) in [6.45, 7) is 5.39. The van der Waals surface area contributed by atoms with Gasteiger partial charge in [0.15, 0.2) is 5.13 Å². The van der Waals surface area contributed by atoms with Gasteiger partial charge in [0, 0.05) is 23.7 Å². The number of anilines is 1. The lowest BCUT2D eigenvalue weighted by Crippen LogP contribution is -2.32. The van der Waals surface area contributed by atoms with Gasteiger partial charge in [0.1, 0.15) is 5.15 Å². The number of pyridine rings is 1. The number of nitrogens with zero attached hydrogens (tertiary/aromatic N) is 3. The van der Waals surface area contributed by atoms with Gasteiger partial charge in [0.05, 0.1) is 5.69 Å². The third kappa shape index (κ3) is 4.50. The van der Waals surface area contributed by atoms with Gasteiger partial charge in [-0.25, -0.2) is 9.97 Å². The van der Waals surface area contributed by atoms with Gasteiger partial charge in [-0.3, -0.25) is 15.0 Å². The Balaban J connectivity index is 1.58. The number of carbonyl (C=O) groups is 1. The highest BCUT2D eigenvalue weighted by Crippen LogP contribution is 2.21. The van der Waals surface area contributed by atoms with Crippen molar-refractivity contribution in [3.8, 4) is 0 Å². The maximum atomic E-state index is 12.2. The van der Waals surface area contributed by atoms with E-state index in [1.807, 2.05) is 5.38 Å². The summed E-state index contributed by atoms with van der Waals surface area (Å²) in [6.07, 6.45) is 4.01. The van der Waals surface area contributed by atoms with Gasteiger partial charge in [-0.05, 0) is 44.0 Å². The Morgan fingerprint density at radius 3 is 3.00 bits per heavy atom. The molecule has 2 aromatic rings. The van der Waals surface area contributed by atoms with Gasteiger partial charge >= 0.3 is 0 Å². The fraction of sp³-hybridized carbons (Fsp3) is 0.438. The number of aromatic nitrogens is 2. The molecule has 0 atom stereocenters. The first-order valence-electron chi connectivity index (χ1n) is 7.70. The van der Waals surface area contributed by atoms with Crippen molar-refractivity contribution < 1.29 is 4.79 Å². The van der Waals surface area contributed by atoms with Crippen molar-refractivity contribution in [1.82, 2.24) is 14.9 Å². The topological polar surface area (TPSA) is 58.1 Å². The fourth-order valence-electron chi connectivity index (χ4n) is 2.60. The van der Waals surface area contributed by atoms with Crippen LogP contribution in [0.1, 0.15) is 35.8 Å². The molecule has 0 aliphatic carbocycles. The molecule has 5 nitrogen and oxygen atoms in total. The average Bonchev–Trinajstić information content (AvgIpc) is 2.96. The number of likely N-dealkylation sites (tertiary alicyclic amines) is 1. The van der Waals surface area contributed by atoms with Crippen molar-refractivity contribution in [3.63, 3.8) is 0 Å². The summed E-state index contributed by atoms with van der Waals surface area (Å²) in [7, 11) is 0. The Hall–Kier alpha value is -1.50. The first-order valence-corrected chi connectivity index (χ1v) is 8.95. The van der Waals surface area contributed by atoms with Crippen molar-refractivity contribution >= 4 is 34.0 Å². The predicted molar refractivity (Wildman–Crippen MR) is 93.0 cm³/mol. The van der Waals surface area contributed by atoms with Crippen molar-refractivity contribution in [2.45, 2.75) is 26.3 Å². The lowest BCUT2D eigenvalue weighted by molar-refractivity contribution is 0.102. The maximum absolute atomic E-state index is 12.2. The lowest BCUT2D eigenvalue weighted by Gasteiger charge is -2.29. The van der Waals surface area contributed by atoms with Crippen molar-refractivity contribution in [2.75, 3.05) is 18.4 Å². The molecule has 0 aromatic carbocycles. The Morgan fingerprint density at radius 2 is 2.26 bits per heavy atom. The van der Waals surface area contributed by atoms with Crippen LogP contribution in [0.3, 0.4) is 0 Å². The molecule has 0 bridgehead atoms. The van der Waals surface area contributed by atoms with E-state index in [0.717, 1.165) is 31.2 Å². The standard InChI is InChI=1S/C16H19ClN4OS/c1-11-3-6-21(7-4-11)9-13-10-23-16(19-13)20-15(22)12-2-5-18-14(17)8-12/h2,5,8,10-11H,3-4,6-7,9H2,1H3,(H,19,20,22). The van der Waals surface area contributed by atoms with E-state index in [9.17, 15) is 4.79 Å². The average molecular weight is 351 g/mol. The largest absolute Gasteiger partial charge is 0.298 e. The molecule has 0 radical (unpaired) electrons. The first-order chi connectivity index (χ1) is 11.1. The summed E-state index contributed by atoms with van der Waals surface area (Å²) >= 11 is 7.25. The molecular formula is C16H19ClN4OS. The number of amides is 1. The Kier molecular flexibility index (Phi) is 5.25. The number of piperidine rings is 1. The van der Waals surface area contributed by atoms with E-state index in [1.54, 1.807) is 12.1 Å². The third-order valence-electron chi connectivity index (χ3n) is 4.02. The van der Waals surface area contributed by atoms with Crippen LogP contribution in [0.15, 0.2) is 23.7 Å². The van der Waals surface area contributed by atoms with Crippen LogP contribution < -0.4 is 5.32 Å². The zero-order chi connectivity index (χ0) is 16.2. The summed E-state index contributed by atoms with van der Waals surface area (Å²) in [5.74, 6) is 0.603. The molecular weight excluding hydrogens is 332 g/mol. The molecule has 0 unspecified atom stereocenters. The minimum Gasteiger partial charge on any atom is -0.298 e. The molecule has 2 aromatic heterocycles. The highest BCUT2D eigenvalue weighted by atomic mass is 35.5. The number of hydrogen-bond acceptors (Lipinski definition) is 5.